The van der Waals surface area contributed by atoms with Crippen molar-refractivity contribution in [2.45, 2.75) is 38.9 Å². The van der Waals surface area contributed by atoms with E-state index in [1.807, 2.05) is 20.8 Å². The van der Waals surface area contributed by atoms with E-state index < -0.39 is 5.60 Å². The van der Waals surface area contributed by atoms with Gasteiger partial charge in [0.05, 0.1) is 19.2 Å². The first kappa shape index (κ1) is 18.4. The topological polar surface area (TPSA) is 86.7 Å². The third kappa shape index (κ3) is 4.07. The molecular weight excluding hydrogens is 360 g/mol. The highest BCUT2D eigenvalue weighted by Gasteiger charge is 2.31. The quantitative estimate of drug-likeness (QED) is 0.756. The van der Waals surface area contributed by atoms with Crippen LogP contribution in [0.3, 0.4) is 0 Å². The average molecular weight is 381 g/mol. The highest BCUT2D eigenvalue weighted by Crippen LogP contribution is 2.32. The van der Waals surface area contributed by atoms with Crippen LogP contribution in [0.15, 0.2) is 12.4 Å². The summed E-state index contributed by atoms with van der Waals surface area (Å²) in [6.07, 6.45) is 1.46. The van der Waals surface area contributed by atoms with Crippen molar-refractivity contribution < 1.29 is 19.0 Å². The Morgan fingerprint density at radius 1 is 1.35 bits per heavy atom. The maximum absolute atomic E-state index is 12.2. The van der Waals surface area contributed by atoms with Gasteiger partial charge in [0.15, 0.2) is 10.9 Å². The fraction of sp³-hybridized carbons (Fsp3) is 0.529. The van der Waals surface area contributed by atoms with Crippen molar-refractivity contribution in [1.29, 1.82) is 0 Å². The number of hydrogen-bond acceptors (Lipinski definition) is 7. The molecule has 26 heavy (non-hydrogen) atoms. The number of carbonyl (C=O) groups excluding carboxylic acids is 1. The molecule has 0 spiro atoms. The van der Waals surface area contributed by atoms with Crippen LogP contribution in [0.4, 0.5) is 4.79 Å². The summed E-state index contributed by atoms with van der Waals surface area (Å²) in [5.74, 6) is 0.746. The summed E-state index contributed by atoms with van der Waals surface area (Å²) in [6, 6.07) is 1.70. The van der Waals surface area contributed by atoms with Crippen molar-refractivity contribution in [3.8, 4) is 11.6 Å². The Morgan fingerprint density at radius 3 is 2.81 bits per heavy atom. The summed E-state index contributed by atoms with van der Waals surface area (Å²) in [4.78, 5) is 26.3. The normalized spacial score (nSPS) is 17.4. The number of likely N-dealkylation sites (tertiary alicyclic amines) is 1. The number of nitrogens with zero attached hydrogens (tertiary/aromatic N) is 4. The van der Waals surface area contributed by atoms with E-state index in [-0.39, 0.29) is 17.4 Å². The van der Waals surface area contributed by atoms with E-state index in [0.717, 1.165) is 0 Å². The van der Waals surface area contributed by atoms with Crippen molar-refractivity contribution in [3.05, 3.63) is 17.5 Å². The maximum Gasteiger partial charge on any atom is 0.410 e. The van der Waals surface area contributed by atoms with Gasteiger partial charge in [0, 0.05) is 19.0 Å². The number of aromatic nitrogens is 3. The minimum absolute atomic E-state index is 0.218. The molecule has 3 rings (SSSR count). The number of rotatable bonds is 3. The largest absolute Gasteiger partial charge is 0.491 e. The fourth-order valence-electron chi connectivity index (χ4n) is 2.63. The number of carbonyl (C=O) groups is 1. The standard InChI is InChI=1S/C17H21ClN4O4/c1-17(2,3)26-16(23)22-6-5-10(8-22)25-15-12(24-4)7-11-13(21-15)14(18)20-9-19-11/h7,9-10H,5-6,8H2,1-4H3/t10-/m0/s1. The van der Waals surface area contributed by atoms with Crippen molar-refractivity contribution in [2.24, 2.45) is 0 Å². The first-order valence-corrected chi connectivity index (χ1v) is 8.64. The summed E-state index contributed by atoms with van der Waals surface area (Å²) in [6.45, 7) is 6.48. The van der Waals surface area contributed by atoms with E-state index >= 15 is 0 Å². The van der Waals surface area contributed by atoms with Crippen LogP contribution in [0, 0.1) is 0 Å². The van der Waals surface area contributed by atoms with Gasteiger partial charge in [-0.25, -0.2) is 19.7 Å². The Balaban J connectivity index is 1.75. The number of hydrogen-bond donors (Lipinski definition) is 0. The van der Waals surface area contributed by atoms with E-state index in [1.165, 1.54) is 13.4 Å². The molecule has 0 aromatic carbocycles. The number of methoxy groups -OCH3 is 1. The molecule has 0 aliphatic carbocycles. The van der Waals surface area contributed by atoms with Crippen molar-refractivity contribution in [1.82, 2.24) is 19.9 Å². The van der Waals surface area contributed by atoms with Crippen LogP contribution >= 0.6 is 11.6 Å². The molecule has 2 aromatic heterocycles. The summed E-state index contributed by atoms with van der Waals surface area (Å²) < 4.78 is 16.7. The van der Waals surface area contributed by atoms with Crippen LogP contribution in [-0.4, -0.2) is 57.8 Å². The molecular formula is C17H21ClN4O4. The number of fused-ring (bicyclic) bond motifs is 1. The van der Waals surface area contributed by atoms with Gasteiger partial charge in [-0.1, -0.05) is 11.6 Å². The average Bonchev–Trinajstić information content (AvgIpc) is 3.02. The first-order valence-electron chi connectivity index (χ1n) is 8.26. The van der Waals surface area contributed by atoms with E-state index in [2.05, 4.69) is 15.0 Å². The molecule has 1 saturated heterocycles. The monoisotopic (exact) mass is 380 g/mol. The minimum atomic E-state index is -0.532. The minimum Gasteiger partial charge on any atom is -0.491 e. The molecule has 9 heteroatoms. The SMILES string of the molecule is COc1cc2ncnc(Cl)c2nc1O[C@H]1CCN(C(=O)OC(C)(C)C)C1. The van der Waals surface area contributed by atoms with Gasteiger partial charge in [-0.3, -0.25) is 0 Å². The molecule has 0 unspecified atom stereocenters. The third-order valence-electron chi connectivity index (χ3n) is 3.79. The zero-order valence-electron chi connectivity index (χ0n) is 15.2. The summed E-state index contributed by atoms with van der Waals surface area (Å²) in [7, 11) is 1.53. The highest BCUT2D eigenvalue weighted by atomic mass is 35.5. The van der Waals surface area contributed by atoms with Crippen molar-refractivity contribution in [3.63, 3.8) is 0 Å². The number of pyridine rings is 1. The maximum atomic E-state index is 12.2. The van der Waals surface area contributed by atoms with Crippen LogP contribution in [0.1, 0.15) is 27.2 Å². The van der Waals surface area contributed by atoms with Crippen molar-refractivity contribution >= 4 is 28.7 Å². The van der Waals surface area contributed by atoms with E-state index in [1.54, 1.807) is 11.0 Å². The summed E-state index contributed by atoms with van der Waals surface area (Å²) in [5, 5.41) is 0.240. The summed E-state index contributed by atoms with van der Waals surface area (Å²) >= 11 is 6.09. The Hall–Kier alpha value is -2.35. The zero-order chi connectivity index (χ0) is 18.9. The lowest BCUT2D eigenvalue weighted by atomic mass is 10.2. The molecule has 1 atom stereocenters. The molecule has 1 amide bonds. The second-order valence-electron chi connectivity index (χ2n) is 6.98. The van der Waals surface area contributed by atoms with Gasteiger partial charge in [0.25, 0.3) is 5.88 Å². The van der Waals surface area contributed by atoms with E-state index in [0.29, 0.717) is 42.2 Å². The molecule has 1 aliphatic heterocycles. The van der Waals surface area contributed by atoms with Gasteiger partial charge in [0.1, 0.15) is 23.5 Å². The third-order valence-corrected chi connectivity index (χ3v) is 4.07. The Bertz CT molecular complexity index is 824. The molecule has 2 aromatic rings. The molecule has 1 aliphatic rings. The van der Waals surface area contributed by atoms with Gasteiger partial charge < -0.3 is 19.1 Å². The Kier molecular flexibility index (Phi) is 5.04. The Morgan fingerprint density at radius 2 is 2.12 bits per heavy atom. The van der Waals surface area contributed by atoms with Crippen LogP contribution in [0.2, 0.25) is 5.15 Å². The number of halogens is 1. The molecule has 8 nitrogen and oxygen atoms in total. The van der Waals surface area contributed by atoms with E-state index in [9.17, 15) is 4.79 Å². The lowest BCUT2D eigenvalue weighted by Gasteiger charge is -2.24. The number of amides is 1. The lowest BCUT2D eigenvalue weighted by molar-refractivity contribution is 0.0274. The molecule has 0 saturated carbocycles. The summed E-state index contributed by atoms with van der Waals surface area (Å²) in [5.41, 5.74) is 0.471. The van der Waals surface area contributed by atoms with Crippen LogP contribution in [-0.2, 0) is 4.74 Å². The zero-order valence-corrected chi connectivity index (χ0v) is 15.9. The highest BCUT2D eigenvalue weighted by molar-refractivity contribution is 6.33. The molecule has 0 radical (unpaired) electrons. The van der Waals surface area contributed by atoms with Gasteiger partial charge in [-0.05, 0) is 20.8 Å². The molecule has 3 heterocycles. The van der Waals surface area contributed by atoms with E-state index in [4.69, 9.17) is 25.8 Å². The molecule has 1 fully saturated rings. The fourth-order valence-corrected chi connectivity index (χ4v) is 2.81. The van der Waals surface area contributed by atoms with Gasteiger partial charge in [-0.15, -0.1) is 0 Å². The van der Waals surface area contributed by atoms with Crippen LogP contribution < -0.4 is 9.47 Å². The second kappa shape index (κ2) is 7.11. The van der Waals surface area contributed by atoms with Crippen LogP contribution in [0.5, 0.6) is 11.6 Å². The second-order valence-corrected chi connectivity index (χ2v) is 7.34. The molecule has 0 N–H and O–H groups in total. The Labute approximate surface area is 156 Å². The predicted octanol–water partition coefficient (Wildman–Crippen LogP) is 3.08. The van der Waals surface area contributed by atoms with Crippen LogP contribution in [0.25, 0.3) is 11.0 Å². The number of ether oxygens (including phenoxy) is 3. The molecule has 140 valence electrons. The van der Waals surface area contributed by atoms with Gasteiger partial charge >= 0.3 is 6.09 Å². The smallest absolute Gasteiger partial charge is 0.410 e. The van der Waals surface area contributed by atoms with Gasteiger partial charge in [0.2, 0.25) is 0 Å². The van der Waals surface area contributed by atoms with Crippen molar-refractivity contribution in [2.75, 3.05) is 20.2 Å². The predicted molar refractivity (Wildman–Crippen MR) is 95.7 cm³/mol. The lowest BCUT2D eigenvalue weighted by Crippen LogP contribution is -2.36. The molecule has 0 bridgehead atoms. The van der Waals surface area contributed by atoms with Gasteiger partial charge in [-0.2, -0.15) is 0 Å². The first-order chi connectivity index (χ1) is 12.3.